The van der Waals surface area contributed by atoms with Crippen LogP contribution in [0.3, 0.4) is 0 Å². The molecule has 0 aliphatic heterocycles. The van der Waals surface area contributed by atoms with E-state index in [9.17, 15) is 4.79 Å². The molecule has 0 aliphatic carbocycles. The molecule has 6 nitrogen and oxygen atoms in total. The first-order valence-electron chi connectivity index (χ1n) is 9.80. The van der Waals surface area contributed by atoms with Gasteiger partial charge in [0.25, 0.3) is 0 Å². The van der Waals surface area contributed by atoms with Gasteiger partial charge in [0.15, 0.2) is 0 Å². The molecule has 0 bridgehead atoms. The second kappa shape index (κ2) is 9.40. The maximum Gasteiger partial charge on any atom is 0.230 e. The zero-order valence-electron chi connectivity index (χ0n) is 17.0. The molecule has 8 heteroatoms. The molecule has 4 aromatic rings. The largest absolute Gasteiger partial charge is 0.355 e. The fourth-order valence-electron chi connectivity index (χ4n) is 3.33. The van der Waals surface area contributed by atoms with E-state index >= 15 is 0 Å². The first-order chi connectivity index (χ1) is 14.6. The van der Waals surface area contributed by atoms with E-state index in [1.54, 1.807) is 17.7 Å². The van der Waals surface area contributed by atoms with Gasteiger partial charge in [-0.05, 0) is 31.9 Å². The minimum Gasteiger partial charge on any atom is -0.355 e. The van der Waals surface area contributed by atoms with Gasteiger partial charge >= 0.3 is 0 Å². The summed E-state index contributed by atoms with van der Waals surface area (Å²) in [6, 6.07) is 12.3. The highest BCUT2D eigenvalue weighted by atomic mass is 32.2. The van der Waals surface area contributed by atoms with Crippen LogP contribution in [0.4, 0.5) is 0 Å². The molecular weight excluding hydrogens is 414 g/mol. The van der Waals surface area contributed by atoms with E-state index in [0.29, 0.717) is 12.3 Å². The Bertz CT molecular complexity index is 1150. The van der Waals surface area contributed by atoms with Crippen LogP contribution in [0.1, 0.15) is 17.8 Å². The number of carbonyl (C=O) groups is 1. The lowest BCUT2D eigenvalue weighted by Crippen LogP contribution is -2.27. The Kier molecular flexibility index (Phi) is 6.44. The summed E-state index contributed by atoms with van der Waals surface area (Å²) in [4.78, 5) is 22.1. The van der Waals surface area contributed by atoms with Gasteiger partial charge in [0.05, 0.1) is 16.8 Å². The van der Waals surface area contributed by atoms with Crippen LogP contribution in [-0.4, -0.2) is 38.0 Å². The van der Waals surface area contributed by atoms with Crippen molar-refractivity contribution < 1.29 is 4.79 Å². The third kappa shape index (κ3) is 4.71. The monoisotopic (exact) mass is 437 g/mol. The zero-order valence-corrected chi connectivity index (χ0v) is 18.6. The minimum atomic E-state index is 0.0108. The first-order valence-corrected chi connectivity index (χ1v) is 11.7. The second-order valence-electron chi connectivity index (χ2n) is 7.02. The Morgan fingerprint density at radius 1 is 1.20 bits per heavy atom. The number of aryl methyl sites for hydroxylation is 3. The van der Waals surface area contributed by atoms with Gasteiger partial charge in [-0.25, -0.2) is 9.97 Å². The van der Waals surface area contributed by atoms with Gasteiger partial charge in [0.2, 0.25) is 5.91 Å². The number of carbonyl (C=O) groups excluding carboxylic acids is 1. The quantitative estimate of drug-likeness (QED) is 0.250. The number of thioether (sulfide) groups is 1. The smallest absolute Gasteiger partial charge is 0.230 e. The van der Waals surface area contributed by atoms with Crippen molar-refractivity contribution in [2.45, 2.75) is 31.8 Å². The first kappa shape index (κ1) is 20.6. The highest BCUT2D eigenvalue weighted by Gasteiger charge is 2.14. The molecule has 4 rings (SSSR count). The van der Waals surface area contributed by atoms with Gasteiger partial charge < -0.3 is 5.32 Å². The van der Waals surface area contributed by atoms with Crippen molar-refractivity contribution in [3.05, 3.63) is 59.5 Å². The Morgan fingerprint density at radius 3 is 2.80 bits per heavy atom. The van der Waals surface area contributed by atoms with Crippen molar-refractivity contribution in [2.24, 2.45) is 0 Å². The topological polar surface area (TPSA) is 72.7 Å². The summed E-state index contributed by atoms with van der Waals surface area (Å²) in [7, 11) is 0. The number of benzene rings is 1. The Hall–Kier alpha value is -2.71. The molecular formula is C22H23N5OS2. The summed E-state index contributed by atoms with van der Waals surface area (Å²) in [5, 5.41) is 11.4. The van der Waals surface area contributed by atoms with E-state index in [0.717, 1.165) is 50.7 Å². The molecule has 1 N–H and O–H groups in total. The number of aromatic nitrogens is 4. The number of fused-ring (bicyclic) bond motifs is 1. The number of hydrogen-bond donors (Lipinski definition) is 1. The maximum absolute atomic E-state index is 12.3. The number of thiophene rings is 1. The van der Waals surface area contributed by atoms with Crippen molar-refractivity contribution in [2.75, 3.05) is 12.3 Å². The molecule has 154 valence electrons. The predicted octanol–water partition coefficient (Wildman–Crippen LogP) is 4.47. The predicted molar refractivity (Wildman–Crippen MR) is 123 cm³/mol. The number of nitrogens with zero attached hydrogens (tertiary/aromatic N) is 4. The van der Waals surface area contributed by atoms with Crippen LogP contribution in [0.2, 0.25) is 0 Å². The van der Waals surface area contributed by atoms with Crippen LogP contribution in [0, 0.1) is 13.8 Å². The van der Waals surface area contributed by atoms with Crippen molar-refractivity contribution in [3.8, 4) is 11.1 Å². The molecule has 30 heavy (non-hydrogen) atoms. The van der Waals surface area contributed by atoms with Crippen LogP contribution in [0.15, 0.2) is 53.1 Å². The van der Waals surface area contributed by atoms with E-state index in [1.807, 2.05) is 36.7 Å². The molecule has 3 heterocycles. The summed E-state index contributed by atoms with van der Waals surface area (Å²) >= 11 is 3.06. The second-order valence-corrected chi connectivity index (χ2v) is 8.84. The third-order valence-corrected chi connectivity index (χ3v) is 6.61. The lowest BCUT2D eigenvalue weighted by atomic mass is 10.1. The van der Waals surface area contributed by atoms with Crippen LogP contribution < -0.4 is 5.32 Å². The van der Waals surface area contributed by atoms with Gasteiger partial charge in [-0.1, -0.05) is 42.1 Å². The van der Waals surface area contributed by atoms with Crippen molar-refractivity contribution in [1.82, 2.24) is 25.1 Å². The van der Waals surface area contributed by atoms with E-state index in [-0.39, 0.29) is 5.91 Å². The Balaban J connectivity index is 1.35. The van der Waals surface area contributed by atoms with Crippen LogP contribution >= 0.6 is 23.1 Å². The van der Waals surface area contributed by atoms with E-state index in [2.05, 4.69) is 44.0 Å². The molecule has 0 radical (unpaired) electrons. The molecule has 0 saturated carbocycles. The average molecular weight is 438 g/mol. The summed E-state index contributed by atoms with van der Waals surface area (Å²) in [5.41, 5.74) is 4.41. The Morgan fingerprint density at radius 2 is 2.03 bits per heavy atom. The SMILES string of the molecule is Cc1cc(C)n(CCCNC(=O)CSc2ncnc3scc(-c4ccccc4)c23)n1. The van der Waals surface area contributed by atoms with E-state index in [4.69, 9.17) is 0 Å². The maximum atomic E-state index is 12.3. The molecule has 0 saturated heterocycles. The highest BCUT2D eigenvalue weighted by Crippen LogP contribution is 2.37. The lowest BCUT2D eigenvalue weighted by Gasteiger charge is -2.08. The fraction of sp³-hybridized carbons (Fsp3) is 0.273. The third-order valence-electron chi connectivity index (χ3n) is 4.73. The number of rotatable bonds is 8. The minimum absolute atomic E-state index is 0.0108. The summed E-state index contributed by atoms with van der Waals surface area (Å²) in [6.45, 7) is 5.47. The van der Waals surface area contributed by atoms with Crippen LogP contribution in [0.25, 0.3) is 21.3 Å². The number of hydrogen-bond acceptors (Lipinski definition) is 6. The summed E-state index contributed by atoms with van der Waals surface area (Å²) in [6.07, 6.45) is 2.42. The number of nitrogens with one attached hydrogen (secondary N) is 1. The fourth-order valence-corrected chi connectivity index (χ4v) is 5.15. The van der Waals surface area contributed by atoms with Gasteiger partial charge in [-0.15, -0.1) is 11.3 Å². The van der Waals surface area contributed by atoms with E-state index in [1.165, 1.54) is 11.8 Å². The molecule has 1 amide bonds. The molecule has 0 spiro atoms. The lowest BCUT2D eigenvalue weighted by molar-refractivity contribution is -0.118. The Labute approximate surface area is 183 Å². The average Bonchev–Trinajstić information content (AvgIpc) is 3.33. The van der Waals surface area contributed by atoms with Gasteiger partial charge in [0, 0.05) is 29.7 Å². The summed E-state index contributed by atoms with van der Waals surface area (Å²) < 4.78 is 1.98. The molecule has 0 atom stereocenters. The molecule has 3 aromatic heterocycles. The highest BCUT2D eigenvalue weighted by molar-refractivity contribution is 8.00. The van der Waals surface area contributed by atoms with E-state index < -0.39 is 0 Å². The molecule has 0 aliphatic rings. The summed E-state index contributed by atoms with van der Waals surface area (Å²) in [5.74, 6) is 0.340. The molecule has 0 fully saturated rings. The normalized spacial score (nSPS) is 11.1. The molecule has 0 unspecified atom stereocenters. The number of amides is 1. The standard InChI is InChI=1S/C22H23N5OS2/c1-15-11-16(2)27(26-15)10-6-9-23-19(28)13-30-22-20-18(17-7-4-3-5-8-17)12-29-21(20)24-14-25-22/h3-5,7-8,11-12,14H,6,9-10,13H2,1-2H3,(H,23,28). The van der Waals surface area contributed by atoms with Gasteiger partial charge in [-0.3, -0.25) is 9.48 Å². The van der Waals surface area contributed by atoms with Crippen molar-refractivity contribution >= 4 is 39.2 Å². The van der Waals surface area contributed by atoms with Crippen molar-refractivity contribution in [3.63, 3.8) is 0 Å². The van der Waals surface area contributed by atoms with Gasteiger partial charge in [0.1, 0.15) is 16.2 Å². The van der Waals surface area contributed by atoms with Crippen molar-refractivity contribution in [1.29, 1.82) is 0 Å². The van der Waals surface area contributed by atoms with Crippen LogP contribution in [0.5, 0.6) is 0 Å². The van der Waals surface area contributed by atoms with Gasteiger partial charge in [-0.2, -0.15) is 5.10 Å². The molecule has 1 aromatic carbocycles. The zero-order chi connectivity index (χ0) is 20.9. The van der Waals surface area contributed by atoms with Crippen LogP contribution in [-0.2, 0) is 11.3 Å².